The van der Waals surface area contributed by atoms with Crippen LogP contribution in [0.4, 0.5) is 0 Å². The molecule has 1 heterocycles. The summed E-state index contributed by atoms with van der Waals surface area (Å²) >= 11 is 0. The Hall–Kier alpha value is -1.39. The summed E-state index contributed by atoms with van der Waals surface area (Å²) < 4.78 is 5.31. The number of hydrogen-bond acceptors (Lipinski definition) is 3. The summed E-state index contributed by atoms with van der Waals surface area (Å²) in [5.74, 6) is -0.0849. The van der Waals surface area contributed by atoms with E-state index in [1.165, 1.54) is 11.1 Å². The maximum absolute atomic E-state index is 12.4. The lowest BCUT2D eigenvalue weighted by molar-refractivity contribution is 0.0788. The Morgan fingerprint density at radius 3 is 3.05 bits per heavy atom. The lowest BCUT2D eigenvalue weighted by Gasteiger charge is -2.26. The fourth-order valence-electron chi connectivity index (χ4n) is 3.01. The number of benzene rings is 1. The third-order valence-corrected chi connectivity index (χ3v) is 4.18. The second-order valence-electron chi connectivity index (χ2n) is 5.49. The van der Waals surface area contributed by atoms with E-state index >= 15 is 0 Å². The van der Waals surface area contributed by atoms with E-state index in [1.807, 2.05) is 12.1 Å². The number of ether oxygens (including phenoxy) is 1. The van der Waals surface area contributed by atoms with Crippen LogP contribution in [-0.2, 0) is 17.6 Å². The van der Waals surface area contributed by atoms with Crippen molar-refractivity contribution in [2.45, 2.75) is 31.2 Å². The molecule has 1 saturated heterocycles. The number of carbonyl (C=O) groups is 1. The molecule has 0 bridgehead atoms. The Kier molecular flexibility index (Phi) is 3.29. The normalized spacial score (nSPS) is 25.3. The fourth-order valence-corrected chi connectivity index (χ4v) is 3.01. The van der Waals surface area contributed by atoms with Crippen molar-refractivity contribution in [3.8, 4) is 0 Å². The van der Waals surface area contributed by atoms with Crippen LogP contribution in [0.25, 0.3) is 0 Å². The molecule has 1 fully saturated rings. The highest BCUT2D eigenvalue weighted by atomic mass is 16.5. The number of carbonyl (C=O) groups excluding carboxylic acids is 1. The van der Waals surface area contributed by atoms with Crippen molar-refractivity contribution in [1.82, 2.24) is 5.32 Å². The van der Waals surface area contributed by atoms with Crippen molar-refractivity contribution >= 4 is 5.91 Å². The number of hydrogen-bond donors (Lipinski definition) is 2. The lowest BCUT2D eigenvalue weighted by Crippen LogP contribution is -2.52. The van der Waals surface area contributed by atoms with Gasteiger partial charge in [-0.3, -0.25) is 4.79 Å². The molecule has 3 rings (SSSR count). The largest absolute Gasteiger partial charge is 0.394 e. The first-order valence-corrected chi connectivity index (χ1v) is 6.86. The van der Waals surface area contributed by atoms with Gasteiger partial charge in [-0.05, 0) is 42.9 Å². The first-order valence-electron chi connectivity index (χ1n) is 6.86. The maximum Gasteiger partial charge on any atom is 0.252 e. The Bertz CT molecular complexity index is 492. The number of aliphatic hydroxyl groups is 1. The fraction of sp³-hybridized carbons (Fsp3) is 0.533. The molecule has 19 heavy (non-hydrogen) atoms. The molecule has 1 aliphatic heterocycles. The minimum atomic E-state index is -0.599. The SMILES string of the molecule is O=C(N[C@@]1(CO)CCOC1)c1cccc2c1CCC2. The van der Waals surface area contributed by atoms with Gasteiger partial charge in [0.1, 0.15) is 0 Å². The van der Waals surface area contributed by atoms with E-state index in [0.717, 1.165) is 24.8 Å². The number of amides is 1. The summed E-state index contributed by atoms with van der Waals surface area (Å²) in [6.45, 7) is 0.908. The Morgan fingerprint density at radius 1 is 1.42 bits per heavy atom. The molecule has 1 amide bonds. The summed E-state index contributed by atoms with van der Waals surface area (Å²) in [5.41, 5.74) is 2.62. The van der Waals surface area contributed by atoms with Gasteiger partial charge < -0.3 is 15.2 Å². The van der Waals surface area contributed by atoms with Gasteiger partial charge in [-0.2, -0.15) is 0 Å². The second kappa shape index (κ2) is 4.94. The number of aryl methyl sites for hydroxylation is 1. The molecule has 1 aliphatic carbocycles. The monoisotopic (exact) mass is 261 g/mol. The van der Waals surface area contributed by atoms with Gasteiger partial charge in [-0.15, -0.1) is 0 Å². The summed E-state index contributed by atoms with van der Waals surface area (Å²) in [6.07, 6.45) is 3.82. The first-order chi connectivity index (χ1) is 9.24. The molecular formula is C15H19NO3. The van der Waals surface area contributed by atoms with E-state index in [4.69, 9.17) is 4.74 Å². The highest BCUT2D eigenvalue weighted by molar-refractivity contribution is 5.96. The van der Waals surface area contributed by atoms with E-state index in [9.17, 15) is 9.90 Å². The van der Waals surface area contributed by atoms with Crippen LogP contribution in [0.5, 0.6) is 0 Å². The van der Waals surface area contributed by atoms with Crippen molar-refractivity contribution in [2.75, 3.05) is 19.8 Å². The summed E-state index contributed by atoms with van der Waals surface area (Å²) in [4.78, 5) is 12.4. The standard InChI is InChI=1S/C15H19NO3/c17-9-15(7-8-19-10-15)16-14(18)13-6-2-4-11-3-1-5-12(11)13/h2,4,6,17H,1,3,5,7-10H2,(H,16,18)/t15-/m1/s1. The third kappa shape index (κ3) is 2.26. The highest BCUT2D eigenvalue weighted by Crippen LogP contribution is 2.26. The molecule has 0 unspecified atom stereocenters. The van der Waals surface area contributed by atoms with E-state index in [-0.39, 0.29) is 12.5 Å². The van der Waals surface area contributed by atoms with Crippen molar-refractivity contribution in [3.05, 3.63) is 34.9 Å². The van der Waals surface area contributed by atoms with Gasteiger partial charge >= 0.3 is 0 Å². The number of nitrogens with one attached hydrogen (secondary N) is 1. The van der Waals surface area contributed by atoms with Crippen LogP contribution in [0.3, 0.4) is 0 Å². The highest BCUT2D eigenvalue weighted by Gasteiger charge is 2.36. The van der Waals surface area contributed by atoms with Crippen molar-refractivity contribution in [3.63, 3.8) is 0 Å². The Morgan fingerprint density at radius 2 is 2.32 bits per heavy atom. The smallest absolute Gasteiger partial charge is 0.252 e. The van der Waals surface area contributed by atoms with Crippen molar-refractivity contribution in [1.29, 1.82) is 0 Å². The van der Waals surface area contributed by atoms with Gasteiger partial charge in [-0.1, -0.05) is 12.1 Å². The topological polar surface area (TPSA) is 58.6 Å². The van der Waals surface area contributed by atoms with Crippen LogP contribution in [0.2, 0.25) is 0 Å². The van der Waals surface area contributed by atoms with E-state index in [0.29, 0.717) is 19.6 Å². The zero-order chi connectivity index (χ0) is 13.3. The van der Waals surface area contributed by atoms with E-state index in [2.05, 4.69) is 11.4 Å². The van der Waals surface area contributed by atoms with Crippen LogP contribution < -0.4 is 5.32 Å². The molecule has 102 valence electrons. The Labute approximate surface area is 112 Å². The van der Waals surface area contributed by atoms with Crippen molar-refractivity contribution < 1.29 is 14.6 Å². The van der Waals surface area contributed by atoms with E-state index in [1.54, 1.807) is 0 Å². The molecular weight excluding hydrogens is 242 g/mol. The summed E-state index contributed by atoms with van der Waals surface area (Å²) in [5, 5.41) is 12.5. The van der Waals surface area contributed by atoms with Gasteiger partial charge in [0.05, 0.1) is 18.8 Å². The van der Waals surface area contributed by atoms with Crippen LogP contribution in [0.15, 0.2) is 18.2 Å². The van der Waals surface area contributed by atoms with Gasteiger partial charge in [0.2, 0.25) is 0 Å². The maximum atomic E-state index is 12.4. The lowest BCUT2D eigenvalue weighted by atomic mass is 9.97. The molecule has 1 aromatic rings. The molecule has 0 aromatic heterocycles. The molecule has 0 radical (unpaired) electrons. The zero-order valence-electron chi connectivity index (χ0n) is 10.9. The molecule has 0 saturated carbocycles. The first kappa shape index (κ1) is 12.6. The van der Waals surface area contributed by atoms with Crippen LogP contribution >= 0.6 is 0 Å². The predicted octanol–water partition coefficient (Wildman–Crippen LogP) is 1.06. The minimum Gasteiger partial charge on any atom is -0.394 e. The average molecular weight is 261 g/mol. The van der Waals surface area contributed by atoms with Gasteiger partial charge in [0.25, 0.3) is 5.91 Å². The van der Waals surface area contributed by atoms with Gasteiger partial charge in [-0.25, -0.2) is 0 Å². The van der Waals surface area contributed by atoms with Crippen LogP contribution in [-0.4, -0.2) is 36.4 Å². The molecule has 2 N–H and O–H groups in total. The zero-order valence-corrected chi connectivity index (χ0v) is 10.9. The second-order valence-corrected chi connectivity index (χ2v) is 5.49. The Balaban J connectivity index is 1.83. The number of aliphatic hydroxyl groups excluding tert-OH is 1. The third-order valence-electron chi connectivity index (χ3n) is 4.18. The molecule has 2 aliphatic rings. The minimum absolute atomic E-state index is 0.0756. The van der Waals surface area contributed by atoms with Crippen molar-refractivity contribution in [2.24, 2.45) is 0 Å². The quantitative estimate of drug-likeness (QED) is 0.855. The summed E-state index contributed by atoms with van der Waals surface area (Å²) in [6, 6.07) is 5.91. The molecule has 1 atom stereocenters. The van der Waals surface area contributed by atoms with E-state index < -0.39 is 5.54 Å². The number of fused-ring (bicyclic) bond motifs is 1. The van der Waals surface area contributed by atoms with Crippen LogP contribution in [0, 0.1) is 0 Å². The molecule has 1 aromatic carbocycles. The van der Waals surface area contributed by atoms with Gasteiger partial charge in [0.15, 0.2) is 0 Å². The van der Waals surface area contributed by atoms with Crippen LogP contribution in [0.1, 0.15) is 34.3 Å². The molecule has 4 nitrogen and oxygen atoms in total. The molecule has 0 spiro atoms. The average Bonchev–Trinajstić information content (AvgIpc) is 3.06. The predicted molar refractivity (Wildman–Crippen MR) is 71.2 cm³/mol. The molecule has 4 heteroatoms. The summed E-state index contributed by atoms with van der Waals surface area (Å²) in [7, 11) is 0. The number of rotatable bonds is 3. The van der Waals surface area contributed by atoms with Gasteiger partial charge in [0, 0.05) is 12.2 Å².